The fourth-order valence-corrected chi connectivity index (χ4v) is 3.45. The van der Waals surface area contributed by atoms with E-state index in [0.717, 1.165) is 12.1 Å². The van der Waals surface area contributed by atoms with E-state index in [2.05, 4.69) is 15.5 Å². The molecule has 1 aromatic heterocycles. The van der Waals surface area contributed by atoms with Gasteiger partial charge in [0.15, 0.2) is 0 Å². The van der Waals surface area contributed by atoms with Crippen molar-refractivity contribution in [3.05, 3.63) is 17.5 Å². The zero-order chi connectivity index (χ0) is 15.4. The topological polar surface area (TPSA) is 76.2 Å². The van der Waals surface area contributed by atoms with Gasteiger partial charge in [0.05, 0.1) is 18.8 Å². The van der Waals surface area contributed by atoms with Crippen molar-refractivity contribution in [2.45, 2.75) is 56.6 Å². The van der Waals surface area contributed by atoms with Gasteiger partial charge in [-0.3, -0.25) is 9.89 Å². The maximum Gasteiger partial charge on any atom is 0.272 e. The summed E-state index contributed by atoms with van der Waals surface area (Å²) < 4.78 is 10.8. The van der Waals surface area contributed by atoms with Gasteiger partial charge in [-0.2, -0.15) is 5.10 Å². The number of carbonyl (C=O) groups is 1. The molecule has 2 heterocycles. The van der Waals surface area contributed by atoms with Crippen molar-refractivity contribution in [2.75, 3.05) is 20.3 Å². The molecule has 3 rings (SSSR count). The molecule has 1 aliphatic heterocycles. The van der Waals surface area contributed by atoms with Gasteiger partial charge in [-0.25, -0.2) is 0 Å². The monoisotopic (exact) mass is 307 g/mol. The predicted molar refractivity (Wildman–Crippen MR) is 81.9 cm³/mol. The van der Waals surface area contributed by atoms with E-state index < -0.39 is 0 Å². The van der Waals surface area contributed by atoms with Crippen LogP contribution in [0.4, 0.5) is 0 Å². The molecule has 1 aromatic rings. The highest BCUT2D eigenvalue weighted by Gasteiger charge is 2.28. The largest absolute Gasteiger partial charge is 0.379 e. The summed E-state index contributed by atoms with van der Waals surface area (Å²) in [5, 5.41) is 10.2. The second kappa shape index (κ2) is 7.24. The Bertz CT molecular complexity index is 497. The van der Waals surface area contributed by atoms with Gasteiger partial charge in [0, 0.05) is 25.3 Å². The van der Waals surface area contributed by atoms with Gasteiger partial charge in [-0.05, 0) is 25.3 Å². The summed E-state index contributed by atoms with van der Waals surface area (Å²) in [4.78, 5) is 12.4. The third kappa shape index (κ3) is 3.50. The molecular formula is C16H25N3O3. The van der Waals surface area contributed by atoms with Crippen molar-refractivity contribution in [3.8, 4) is 0 Å². The first-order valence-corrected chi connectivity index (χ1v) is 8.24. The molecule has 0 radical (unpaired) electrons. The van der Waals surface area contributed by atoms with Crippen LogP contribution in [0, 0.1) is 0 Å². The minimum atomic E-state index is -0.157. The number of rotatable bonds is 4. The molecule has 0 aromatic carbocycles. The Kier molecular flexibility index (Phi) is 5.10. The Morgan fingerprint density at radius 3 is 2.95 bits per heavy atom. The maximum absolute atomic E-state index is 12.4. The molecule has 6 nitrogen and oxygen atoms in total. The van der Waals surface area contributed by atoms with Gasteiger partial charge in [0.2, 0.25) is 0 Å². The van der Waals surface area contributed by atoms with Gasteiger partial charge >= 0.3 is 0 Å². The van der Waals surface area contributed by atoms with E-state index in [1.807, 2.05) is 6.07 Å². The number of carbonyl (C=O) groups excluding carboxylic acids is 1. The van der Waals surface area contributed by atoms with Crippen molar-refractivity contribution < 1.29 is 14.3 Å². The zero-order valence-electron chi connectivity index (χ0n) is 13.1. The lowest BCUT2D eigenvalue weighted by Gasteiger charge is -2.30. The van der Waals surface area contributed by atoms with Crippen LogP contribution in [0.5, 0.6) is 0 Å². The van der Waals surface area contributed by atoms with Crippen LogP contribution in [-0.4, -0.2) is 48.6 Å². The second-order valence-corrected chi connectivity index (χ2v) is 6.26. The summed E-state index contributed by atoms with van der Waals surface area (Å²) in [6.45, 7) is 1.17. The van der Waals surface area contributed by atoms with Crippen molar-refractivity contribution >= 4 is 5.91 Å². The number of hydrogen-bond acceptors (Lipinski definition) is 4. The normalized spacial score (nSPS) is 26.8. The van der Waals surface area contributed by atoms with Crippen LogP contribution in [0.2, 0.25) is 0 Å². The molecular weight excluding hydrogens is 282 g/mol. The molecule has 0 unspecified atom stereocenters. The summed E-state index contributed by atoms with van der Waals surface area (Å²) in [7, 11) is 1.67. The van der Waals surface area contributed by atoms with Crippen LogP contribution in [-0.2, 0) is 9.47 Å². The molecule has 1 aliphatic carbocycles. The van der Waals surface area contributed by atoms with E-state index >= 15 is 0 Å². The molecule has 2 atom stereocenters. The maximum atomic E-state index is 12.4. The summed E-state index contributed by atoms with van der Waals surface area (Å²) in [5.74, 6) is 0.364. The fourth-order valence-electron chi connectivity index (χ4n) is 3.45. The second-order valence-electron chi connectivity index (χ2n) is 6.26. The predicted octanol–water partition coefficient (Wildman–Crippen LogP) is 1.99. The van der Waals surface area contributed by atoms with Crippen LogP contribution >= 0.6 is 0 Å². The van der Waals surface area contributed by atoms with Crippen LogP contribution < -0.4 is 5.32 Å². The zero-order valence-corrected chi connectivity index (χ0v) is 13.1. The van der Waals surface area contributed by atoms with Gasteiger partial charge in [-0.15, -0.1) is 0 Å². The SMILES string of the molecule is CO[C@@H]1CCOC[C@H]1NC(=O)c1cc(C2CCCCC2)[nH]n1. The molecule has 22 heavy (non-hydrogen) atoms. The highest BCUT2D eigenvalue weighted by molar-refractivity contribution is 5.92. The summed E-state index contributed by atoms with van der Waals surface area (Å²) >= 11 is 0. The number of ether oxygens (including phenoxy) is 2. The molecule has 2 aliphatic rings. The number of aromatic nitrogens is 2. The van der Waals surface area contributed by atoms with Crippen molar-refractivity contribution in [1.29, 1.82) is 0 Å². The molecule has 1 amide bonds. The van der Waals surface area contributed by atoms with Crippen molar-refractivity contribution in [2.24, 2.45) is 0 Å². The molecule has 1 saturated carbocycles. The van der Waals surface area contributed by atoms with Gasteiger partial charge in [0.25, 0.3) is 5.91 Å². The van der Waals surface area contributed by atoms with E-state index in [-0.39, 0.29) is 18.1 Å². The third-order valence-electron chi connectivity index (χ3n) is 4.79. The van der Waals surface area contributed by atoms with Gasteiger partial charge in [0.1, 0.15) is 5.69 Å². The quantitative estimate of drug-likeness (QED) is 0.892. The lowest BCUT2D eigenvalue weighted by molar-refractivity contribution is -0.0349. The summed E-state index contributed by atoms with van der Waals surface area (Å²) in [6.07, 6.45) is 7.03. The standard InChI is InChI=1S/C16H25N3O3/c1-21-15-7-8-22-10-14(15)17-16(20)13-9-12(18-19-13)11-5-3-2-4-6-11/h9,11,14-15H,2-8,10H2,1H3,(H,17,20)(H,18,19)/t14-,15-/m1/s1. The van der Waals surface area contributed by atoms with Crippen molar-refractivity contribution in [3.63, 3.8) is 0 Å². The molecule has 2 fully saturated rings. The number of aromatic amines is 1. The number of hydrogen-bond donors (Lipinski definition) is 2. The van der Waals surface area contributed by atoms with E-state index in [0.29, 0.717) is 24.8 Å². The van der Waals surface area contributed by atoms with E-state index in [1.165, 1.54) is 32.1 Å². The Balaban J connectivity index is 1.61. The lowest BCUT2D eigenvalue weighted by Crippen LogP contribution is -2.50. The number of nitrogens with one attached hydrogen (secondary N) is 2. The van der Waals surface area contributed by atoms with Gasteiger partial charge < -0.3 is 14.8 Å². The minimum absolute atomic E-state index is 0.00876. The number of H-pyrrole nitrogens is 1. The first-order chi connectivity index (χ1) is 10.8. The highest BCUT2D eigenvalue weighted by atomic mass is 16.5. The third-order valence-corrected chi connectivity index (χ3v) is 4.79. The molecule has 2 N–H and O–H groups in total. The minimum Gasteiger partial charge on any atom is -0.379 e. The van der Waals surface area contributed by atoms with E-state index in [4.69, 9.17) is 9.47 Å². The van der Waals surface area contributed by atoms with Crippen molar-refractivity contribution in [1.82, 2.24) is 15.5 Å². The van der Waals surface area contributed by atoms with Crippen LogP contribution in [0.25, 0.3) is 0 Å². The summed E-state index contributed by atoms with van der Waals surface area (Å²) in [6, 6.07) is 1.79. The van der Waals surface area contributed by atoms with E-state index in [1.54, 1.807) is 7.11 Å². The van der Waals surface area contributed by atoms with Gasteiger partial charge in [-0.1, -0.05) is 19.3 Å². The lowest BCUT2D eigenvalue weighted by atomic mass is 9.87. The molecule has 0 spiro atoms. The smallest absolute Gasteiger partial charge is 0.272 e. The average molecular weight is 307 g/mol. The average Bonchev–Trinajstić information content (AvgIpc) is 3.06. The van der Waals surface area contributed by atoms with E-state index in [9.17, 15) is 4.79 Å². The molecule has 1 saturated heterocycles. The van der Waals surface area contributed by atoms with Crippen LogP contribution in [0.3, 0.4) is 0 Å². The summed E-state index contributed by atoms with van der Waals surface area (Å²) in [5.41, 5.74) is 1.55. The Morgan fingerprint density at radius 2 is 2.18 bits per heavy atom. The Labute approximate surface area is 130 Å². The number of amides is 1. The Morgan fingerprint density at radius 1 is 1.36 bits per heavy atom. The first kappa shape index (κ1) is 15.5. The van der Waals surface area contributed by atoms with Crippen LogP contribution in [0.1, 0.15) is 60.6 Å². The first-order valence-electron chi connectivity index (χ1n) is 8.24. The Hall–Kier alpha value is -1.40. The van der Waals surface area contributed by atoms with Crippen LogP contribution in [0.15, 0.2) is 6.07 Å². The molecule has 0 bridgehead atoms. The molecule has 122 valence electrons. The molecule has 6 heteroatoms. The highest BCUT2D eigenvalue weighted by Crippen LogP contribution is 2.31. The number of methoxy groups -OCH3 is 1. The number of nitrogens with zero attached hydrogens (tertiary/aromatic N) is 1. The fraction of sp³-hybridized carbons (Fsp3) is 0.750.